The van der Waals surface area contributed by atoms with Crippen LogP contribution in [0.5, 0.6) is 0 Å². The van der Waals surface area contributed by atoms with Gasteiger partial charge in [0.15, 0.2) is 0 Å². The first kappa shape index (κ1) is 45.3. The number of hydrogen-bond donors (Lipinski definition) is 4. The molecular formula is C35H66N4O8S. The number of carbonyl (C=O) groups excluding carboxylic acids is 5. The van der Waals surface area contributed by atoms with Crippen molar-refractivity contribution in [3.8, 4) is 0 Å². The van der Waals surface area contributed by atoms with Gasteiger partial charge in [0.05, 0.1) is 0 Å². The van der Waals surface area contributed by atoms with Crippen molar-refractivity contribution in [1.29, 1.82) is 0 Å². The summed E-state index contributed by atoms with van der Waals surface area (Å²) in [5.74, 6) is -1.12. The quantitative estimate of drug-likeness (QED) is 0.0544. The minimum absolute atomic E-state index is 0.0656. The van der Waals surface area contributed by atoms with Crippen LogP contribution in [-0.4, -0.2) is 77.0 Å². The third-order valence-electron chi connectivity index (χ3n) is 6.57. The van der Waals surface area contributed by atoms with Crippen molar-refractivity contribution in [2.45, 2.75) is 175 Å². The van der Waals surface area contributed by atoms with Gasteiger partial charge in [0, 0.05) is 18.8 Å². The van der Waals surface area contributed by atoms with Crippen LogP contribution in [0.3, 0.4) is 0 Å². The predicted octanol–water partition coefficient (Wildman–Crippen LogP) is 7.37. The summed E-state index contributed by atoms with van der Waals surface area (Å²) >= 11 is 0.794. The summed E-state index contributed by atoms with van der Waals surface area (Å²) in [6, 6.07) is -2.15. The lowest BCUT2D eigenvalue weighted by Crippen LogP contribution is -2.55. The average molecular weight is 703 g/mol. The third kappa shape index (κ3) is 27.3. The number of thioether (sulfide) groups is 1. The molecule has 0 aliphatic heterocycles. The zero-order valence-corrected chi connectivity index (χ0v) is 32.3. The molecule has 48 heavy (non-hydrogen) atoms. The minimum Gasteiger partial charge on any atom is -0.452 e. The van der Waals surface area contributed by atoms with E-state index in [-0.39, 0.29) is 18.7 Å². The number of unbranched alkanes of at least 4 members (excludes halogenated alkanes) is 9. The predicted molar refractivity (Wildman–Crippen MR) is 192 cm³/mol. The Morgan fingerprint density at radius 2 is 1.02 bits per heavy atom. The highest BCUT2D eigenvalue weighted by Gasteiger charge is 2.30. The lowest BCUT2D eigenvalue weighted by Gasteiger charge is -2.25. The molecule has 0 radical (unpaired) electrons. The van der Waals surface area contributed by atoms with Gasteiger partial charge in [-0.15, -0.1) is 0 Å². The molecule has 4 amide bonds. The molecule has 0 rings (SSSR count). The molecule has 2 atom stereocenters. The van der Waals surface area contributed by atoms with Gasteiger partial charge in [0.1, 0.15) is 28.9 Å². The summed E-state index contributed by atoms with van der Waals surface area (Å²) in [6.07, 6.45) is 10.7. The summed E-state index contributed by atoms with van der Waals surface area (Å²) in [7, 11) is 0. The van der Waals surface area contributed by atoms with E-state index >= 15 is 0 Å². The number of carbonyl (C=O) groups is 5. The Kier molecular flexibility index (Phi) is 22.3. The van der Waals surface area contributed by atoms with Crippen LogP contribution < -0.4 is 21.3 Å². The standard InChI is InChI=1S/C35H66N4O8S/c1-11-12-13-14-15-16-17-18-19-20-23-36-28(40)27(25-48-32(44)47-35(8,9)10)38-29(41)26(39-31(43)46-34(5,6)7)22-21-24-37-30(42)45-33(2,3)4/h26-27H,11-25H2,1-10H3,(H,36,40)(H,37,42)(H,38,41)(H,39,43)/t26-,27-/m0/s1. The first-order chi connectivity index (χ1) is 22.2. The van der Waals surface area contributed by atoms with E-state index in [2.05, 4.69) is 28.2 Å². The summed E-state index contributed by atoms with van der Waals surface area (Å²) in [5, 5.41) is 10.2. The van der Waals surface area contributed by atoms with E-state index < -0.39 is 58.2 Å². The molecule has 280 valence electrons. The number of amides is 4. The molecule has 0 aromatic heterocycles. The second kappa shape index (κ2) is 23.6. The van der Waals surface area contributed by atoms with Gasteiger partial charge >= 0.3 is 17.5 Å². The smallest absolute Gasteiger partial charge is 0.408 e. The van der Waals surface area contributed by atoms with E-state index in [1.165, 1.54) is 44.9 Å². The lowest BCUT2D eigenvalue weighted by atomic mass is 10.1. The second-order valence-corrected chi connectivity index (χ2v) is 16.0. The first-order valence-corrected chi connectivity index (χ1v) is 18.6. The molecule has 0 saturated carbocycles. The van der Waals surface area contributed by atoms with Crippen molar-refractivity contribution in [3.05, 3.63) is 0 Å². The molecule has 0 heterocycles. The van der Waals surface area contributed by atoms with Gasteiger partial charge in [0.25, 0.3) is 0 Å². The number of nitrogens with one attached hydrogen (secondary N) is 4. The number of alkyl carbamates (subject to hydrolysis) is 2. The van der Waals surface area contributed by atoms with Crippen LogP contribution in [-0.2, 0) is 23.8 Å². The molecule has 13 heteroatoms. The normalized spacial score (nSPS) is 13.1. The zero-order valence-electron chi connectivity index (χ0n) is 31.4. The summed E-state index contributed by atoms with van der Waals surface area (Å²) in [6.45, 7) is 18.4. The average Bonchev–Trinajstić information content (AvgIpc) is 2.92. The van der Waals surface area contributed by atoms with Crippen molar-refractivity contribution >= 4 is 41.1 Å². The van der Waals surface area contributed by atoms with Crippen LogP contribution in [0, 0.1) is 0 Å². The van der Waals surface area contributed by atoms with E-state index in [0.717, 1.165) is 31.0 Å². The minimum atomic E-state index is -1.08. The number of rotatable bonds is 21. The molecule has 0 aliphatic carbocycles. The molecule has 0 aromatic rings. The molecule has 0 aliphatic rings. The Morgan fingerprint density at radius 1 is 0.542 bits per heavy atom. The maximum absolute atomic E-state index is 13.5. The van der Waals surface area contributed by atoms with Crippen molar-refractivity contribution in [1.82, 2.24) is 21.3 Å². The molecule has 0 spiro atoms. The topological polar surface area (TPSA) is 161 Å². The molecular weight excluding hydrogens is 636 g/mol. The van der Waals surface area contributed by atoms with Crippen LogP contribution in [0.2, 0.25) is 0 Å². The maximum atomic E-state index is 13.5. The van der Waals surface area contributed by atoms with Gasteiger partial charge in [0.2, 0.25) is 11.8 Å². The fourth-order valence-electron chi connectivity index (χ4n) is 4.36. The molecule has 0 saturated heterocycles. The Balaban J connectivity index is 5.36. The van der Waals surface area contributed by atoms with Crippen molar-refractivity contribution in [2.24, 2.45) is 0 Å². The van der Waals surface area contributed by atoms with Crippen LogP contribution in [0.1, 0.15) is 146 Å². The summed E-state index contributed by atoms with van der Waals surface area (Å²) in [4.78, 5) is 63.9. The fourth-order valence-corrected chi connectivity index (χ4v) is 5.21. The second-order valence-electron chi connectivity index (χ2n) is 15.1. The van der Waals surface area contributed by atoms with E-state index in [1.807, 2.05) is 0 Å². The maximum Gasteiger partial charge on any atom is 0.408 e. The van der Waals surface area contributed by atoms with E-state index in [0.29, 0.717) is 13.0 Å². The van der Waals surface area contributed by atoms with Gasteiger partial charge < -0.3 is 35.5 Å². The molecule has 0 aromatic carbocycles. The van der Waals surface area contributed by atoms with E-state index in [4.69, 9.17) is 14.2 Å². The van der Waals surface area contributed by atoms with Crippen LogP contribution in [0.4, 0.5) is 14.4 Å². The number of ether oxygens (including phenoxy) is 3. The van der Waals surface area contributed by atoms with Gasteiger partial charge in [-0.1, -0.05) is 64.7 Å². The van der Waals surface area contributed by atoms with Gasteiger partial charge in [-0.2, -0.15) is 0 Å². The van der Waals surface area contributed by atoms with Gasteiger partial charge in [-0.3, -0.25) is 9.59 Å². The van der Waals surface area contributed by atoms with E-state index in [9.17, 15) is 24.0 Å². The summed E-state index contributed by atoms with van der Waals surface area (Å²) < 4.78 is 16.0. The van der Waals surface area contributed by atoms with Gasteiger partial charge in [-0.25, -0.2) is 14.4 Å². The van der Waals surface area contributed by atoms with Crippen molar-refractivity contribution in [2.75, 3.05) is 18.8 Å². The Morgan fingerprint density at radius 3 is 1.54 bits per heavy atom. The van der Waals surface area contributed by atoms with E-state index in [1.54, 1.807) is 62.3 Å². The fraction of sp³-hybridized carbons (Fsp3) is 0.857. The van der Waals surface area contributed by atoms with Crippen LogP contribution in [0.25, 0.3) is 0 Å². The SMILES string of the molecule is CCCCCCCCCCCCNC(=O)[C@H](CSC(=O)OC(C)(C)C)NC(=O)[C@H](CCCNC(=O)OC(C)(C)C)NC(=O)OC(C)(C)C. The lowest BCUT2D eigenvalue weighted by molar-refractivity contribution is -0.129. The highest BCUT2D eigenvalue weighted by atomic mass is 32.2. The Bertz CT molecular complexity index is 973. The monoisotopic (exact) mass is 702 g/mol. The summed E-state index contributed by atoms with van der Waals surface area (Å²) in [5.41, 5.74) is -2.17. The molecule has 0 unspecified atom stereocenters. The largest absolute Gasteiger partial charge is 0.452 e. The van der Waals surface area contributed by atoms with Crippen LogP contribution in [0.15, 0.2) is 0 Å². The highest BCUT2D eigenvalue weighted by molar-refractivity contribution is 8.13. The Labute approximate surface area is 294 Å². The molecule has 4 N–H and O–H groups in total. The van der Waals surface area contributed by atoms with Crippen molar-refractivity contribution < 1.29 is 38.2 Å². The Hall–Kier alpha value is -2.70. The molecule has 0 bridgehead atoms. The molecule has 0 fully saturated rings. The third-order valence-corrected chi connectivity index (χ3v) is 7.38. The van der Waals surface area contributed by atoms with Gasteiger partial charge in [-0.05, 0) is 93.3 Å². The number of hydrogen-bond acceptors (Lipinski definition) is 9. The van der Waals surface area contributed by atoms with Crippen LogP contribution >= 0.6 is 11.8 Å². The zero-order chi connectivity index (χ0) is 36.8. The highest BCUT2D eigenvalue weighted by Crippen LogP contribution is 2.16. The first-order valence-electron chi connectivity index (χ1n) is 17.6. The molecule has 12 nitrogen and oxygen atoms in total. The van der Waals surface area contributed by atoms with Crippen molar-refractivity contribution in [3.63, 3.8) is 0 Å².